The number of nitrogens with zero attached hydrogens (tertiary/aromatic N) is 3. The van der Waals surface area contributed by atoms with Crippen molar-refractivity contribution >= 4 is 41.1 Å². The molecule has 2 aromatic carbocycles. The van der Waals surface area contributed by atoms with Crippen LogP contribution in [0.3, 0.4) is 0 Å². The van der Waals surface area contributed by atoms with Gasteiger partial charge in [-0.25, -0.2) is 25.6 Å². The maximum atomic E-state index is 13.0. The summed E-state index contributed by atoms with van der Waals surface area (Å²) in [5.74, 6) is -3.02. The highest BCUT2D eigenvalue weighted by atomic mass is 35.7. The zero-order valence-corrected chi connectivity index (χ0v) is 18.2. The van der Waals surface area contributed by atoms with Gasteiger partial charge in [0.25, 0.3) is 26.3 Å². The van der Waals surface area contributed by atoms with Crippen molar-refractivity contribution in [3.8, 4) is 0 Å². The van der Waals surface area contributed by atoms with Gasteiger partial charge in [0.2, 0.25) is 10.0 Å². The minimum absolute atomic E-state index is 0.153. The molecule has 1 aliphatic heterocycles. The summed E-state index contributed by atoms with van der Waals surface area (Å²) < 4.78 is 72.2. The molecule has 1 heterocycles. The summed E-state index contributed by atoms with van der Waals surface area (Å²) in [5, 5.41) is 20.6. The number of hydrogen-bond acceptors (Lipinski definition) is 8. The minimum Gasteiger partial charge on any atom is -0.258 e. The number of benzene rings is 2. The molecule has 11 nitrogen and oxygen atoms in total. The first kappa shape index (κ1) is 25.5. The highest BCUT2D eigenvalue weighted by Crippen LogP contribution is 2.31. The van der Waals surface area contributed by atoms with E-state index in [1.54, 1.807) is 0 Å². The fourth-order valence-corrected chi connectivity index (χ4v) is 4.77. The lowest BCUT2D eigenvalue weighted by atomic mass is 10.3. The number of halogens is 3. The highest BCUT2D eigenvalue weighted by molar-refractivity contribution is 8.13. The molecule has 0 bridgehead atoms. The highest BCUT2D eigenvalue weighted by Gasteiger charge is 2.43. The molecule has 3 rings (SSSR count). The quantitative estimate of drug-likeness (QED) is 0.335. The molecule has 16 heteroatoms. The Labute approximate surface area is 185 Å². The zero-order valence-electron chi connectivity index (χ0n) is 15.8. The van der Waals surface area contributed by atoms with Crippen LogP contribution in [0, 0.1) is 20.2 Å². The number of alkyl halides is 2. The van der Waals surface area contributed by atoms with Crippen LogP contribution in [0.4, 0.5) is 20.2 Å². The van der Waals surface area contributed by atoms with E-state index in [2.05, 4.69) is 0 Å². The van der Waals surface area contributed by atoms with E-state index in [1.165, 1.54) is 0 Å². The van der Waals surface area contributed by atoms with Gasteiger partial charge in [-0.15, -0.1) is 0 Å². The molecule has 174 valence electrons. The van der Waals surface area contributed by atoms with E-state index in [1.807, 2.05) is 0 Å². The first-order chi connectivity index (χ1) is 14.6. The number of non-ortho nitro benzene ring substituents is 2. The first-order valence-corrected chi connectivity index (χ1v) is 12.2. The molecular weight excluding hydrogens is 500 g/mol. The van der Waals surface area contributed by atoms with Crippen LogP contribution in [0.5, 0.6) is 0 Å². The molecule has 1 aliphatic rings. The number of hydrogen-bond donors (Lipinski definition) is 0. The number of rotatable bonds is 5. The Morgan fingerprint density at radius 2 is 1.25 bits per heavy atom. The molecule has 0 radical (unpaired) electrons. The molecule has 2 aromatic rings. The second kappa shape index (κ2) is 9.40. The fourth-order valence-electron chi connectivity index (χ4n) is 2.53. The van der Waals surface area contributed by atoms with Crippen molar-refractivity contribution < 1.29 is 35.5 Å². The summed E-state index contributed by atoms with van der Waals surface area (Å²) >= 11 is 0. The predicted molar refractivity (Wildman–Crippen MR) is 108 cm³/mol. The van der Waals surface area contributed by atoms with Crippen molar-refractivity contribution in [3.05, 3.63) is 68.8 Å². The SMILES string of the molecule is O=[N+]([O-])c1ccc(S(=O)(=O)Cl)cc1.O=[N+]([O-])c1ccc(S(=O)(=O)N2CCC(F)(F)C2)cc1. The van der Waals surface area contributed by atoms with Gasteiger partial charge in [0.05, 0.1) is 26.2 Å². The summed E-state index contributed by atoms with van der Waals surface area (Å²) in [5.41, 5.74) is -0.435. The number of nitro benzene ring substituents is 2. The largest absolute Gasteiger partial charge is 0.269 e. The van der Waals surface area contributed by atoms with Gasteiger partial charge in [-0.05, 0) is 24.3 Å². The van der Waals surface area contributed by atoms with Gasteiger partial charge in [0.1, 0.15) is 0 Å². The smallest absolute Gasteiger partial charge is 0.258 e. The Morgan fingerprint density at radius 3 is 1.56 bits per heavy atom. The lowest BCUT2D eigenvalue weighted by Gasteiger charge is -2.15. The van der Waals surface area contributed by atoms with Crippen molar-refractivity contribution in [3.63, 3.8) is 0 Å². The average Bonchev–Trinajstić information content (AvgIpc) is 3.08. The average molecular weight is 514 g/mol. The molecule has 0 N–H and O–H groups in total. The van der Waals surface area contributed by atoms with E-state index in [-0.39, 0.29) is 27.7 Å². The lowest BCUT2D eigenvalue weighted by Crippen LogP contribution is -2.31. The van der Waals surface area contributed by atoms with Gasteiger partial charge in [-0.1, -0.05) is 0 Å². The maximum absolute atomic E-state index is 13.0. The Hall–Kier alpha value is -2.75. The van der Waals surface area contributed by atoms with E-state index in [9.17, 15) is 45.8 Å². The summed E-state index contributed by atoms with van der Waals surface area (Å²) in [6.45, 7) is -1.11. The fraction of sp³-hybridized carbons (Fsp3) is 0.250. The van der Waals surface area contributed by atoms with Gasteiger partial charge in [0.15, 0.2) is 0 Å². The molecular formula is C16H14ClF2N3O8S2. The van der Waals surface area contributed by atoms with Crippen molar-refractivity contribution in [1.29, 1.82) is 0 Å². The third kappa shape index (κ3) is 6.38. The standard InChI is InChI=1S/C10H10F2N2O4S.C6H4ClNO4S/c11-10(12)5-6-13(7-10)19(17,18)9-3-1-8(2-4-9)14(15)16;7-13(11,12)6-3-1-5(2-4-6)8(9)10/h1-4H,5-7H2;1-4H. The summed E-state index contributed by atoms with van der Waals surface area (Å²) in [7, 11) is -2.82. The van der Waals surface area contributed by atoms with Crippen molar-refractivity contribution in [2.45, 2.75) is 22.1 Å². The van der Waals surface area contributed by atoms with E-state index in [4.69, 9.17) is 10.7 Å². The molecule has 0 amide bonds. The third-order valence-corrected chi connectivity index (χ3v) is 7.38. The Bertz CT molecular complexity index is 1220. The topological polar surface area (TPSA) is 158 Å². The van der Waals surface area contributed by atoms with E-state index < -0.39 is 47.8 Å². The van der Waals surface area contributed by atoms with Gasteiger partial charge in [0, 0.05) is 47.9 Å². The molecule has 32 heavy (non-hydrogen) atoms. The van der Waals surface area contributed by atoms with Gasteiger partial charge in [-0.2, -0.15) is 4.31 Å². The maximum Gasteiger partial charge on any atom is 0.269 e. The normalized spacial score (nSPS) is 16.1. The van der Waals surface area contributed by atoms with Crippen LogP contribution in [0.2, 0.25) is 0 Å². The van der Waals surface area contributed by atoms with Crippen LogP contribution >= 0.6 is 10.7 Å². The van der Waals surface area contributed by atoms with E-state index >= 15 is 0 Å². The molecule has 0 saturated carbocycles. The van der Waals surface area contributed by atoms with Crippen LogP contribution in [0.25, 0.3) is 0 Å². The third-order valence-electron chi connectivity index (χ3n) is 4.15. The Balaban J connectivity index is 0.000000244. The minimum atomic E-state index is -4.02. The molecule has 0 spiro atoms. The molecule has 0 aliphatic carbocycles. The Morgan fingerprint density at radius 1 is 0.844 bits per heavy atom. The van der Waals surface area contributed by atoms with Gasteiger partial charge >= 0.3 is 0 Å². The summed E-state index contributed by atoms with van der Waals surface area (Å²) in [6.07, 6.45) is -0.515. The zero-order chi connectivity index (χ0) is 24.3. The van der Waals surface area contributed by atoms with Crippen molar-refractivity contribution in [2.75, 3.05) is 13.1 Å². The molecule has 1 saturated heterocycles. The molecule has 0 aromatic heterocycles. The van der Waals surface area contributed by atoms with Crippen LogP contribution < -0.4 is 0 Å². The van der Waals surface area contributed by atoms with Gasteiger partial charge in [-0.3, -0.25) is 20.2 Å². The van der Waals surface area contributed by atoms with Crippen molar-refractivity contribution in [2.24, 2.45) is 0 Å². The van der Waals surface area contributed by atoms with Crippen LogP contribution in [-0.4, -0.2) is 50.0 Å². The summed E-state index contributed by atoms with van der Waals surface area (Å²) in [6, 6.07) is 8.47. The predicted octanol–water partition coefficient (Wildman–Crippen LogP) is 3.15. The van der Waals surface area contributed by atoms with E-state index in [0.29, 0.717) is 4.31 Å². The van der Waals surface area contributed by atoms with E-state index in [0.717, 1.165) is 48.5 Å². The van der Waals surface area contributed by atoms with Gasteiger partial charge < -0.3 is 0 Å². The monoisotopic (exact) mass is 513 g/mol. The second-order valence-corrected chi connectivity index (χ2v) is 10.9. The molecule has 0 unspecified atom stereocenters. The second-order valence-electron chi connectivity index (χ2n) is 6.38. The summed E-state index contributed by atoms with van der Waals surface area (Å²) in [4.78, 5) is 19.0. The van der Waals surface area contributed by atoms with Crippen LogP contribution in [-0.2, 0) is 19.1 Å². The molecule has 0 atom stereocenters. The Kier molecular flexibility index (Phi) is 7.49. The number of sulfonamides is 1. The van der Waals surface area contributed by atoms with Crippen LogP contribution in [0.15, 0.2) is 58.3 Å². The lowest BCUT2D eigenvalue weighted by molar-refractivity contribution is -0.385. The van der Waals surface area contributed by atoms with Crippen LogP contribution in [0.1, 0.15) is 6.42 Å². The van der Waals surface area contributed by atoms with Crippen molar-refractivity contribution in [1.82, 2.24) is 4.31 Å². The number of nitro groups is 2. The first-order valence-electron chi connectivity index (χ1n) is 8.45. The molecule has 1 fully saturated rings.